The lowest BCUT2D eigenvalue weighted by atomic mass is 10.5. The van der Waals surface area contributed by atoms with Crippen LogP contribution in [0.2, 0.25) is 0 Å². The number of hydrogen-bond acceptors (Lipinski definition) is 1. The molecule has 1 atom stereocenters. The molecule has 0 aliphatic carbocycles. The molecule has 0 bridgehead atoms. The molecule has 0 fully saturated rings. The summed E-state index contributed by atoms with van der Waals surface area (Å²) in [4.78, 5) is 0.220. The fourth-order valence-electron chi connectivity index (χ4n) is 0.0488. The number of alkyl halides is 2. The van der Waals surface area contributed by atoms with Gasteiger partial charge in [0, 0.05) is 10.2 Å². The van der Waals surface area contributed by atoms with Gasteiger partial charge in [-0.25, -0.2) is 0 Å². The Morgan fingerprint density at radius 2 is 2.17 bits per heavy atom. The third-order valence-electron chi connectivity index (χ3n) is 0.366. The minimum absolute atomic E-state index is 0.200. The molecular formula is C3H6Br2O. The molecule has 38 valence electrons. The van der Waals surface area contributed by atoms with Gasteiger partial charge in [-0.3, -0.25) is 0 Å². The molecule has 0 aliphatic rings. The minimum Gasteiger partial charge on any atom is -0.395 e. The van der Waals surface area contributed by atoms with Gasteiger partial charge >= 0.3 is 0 Å². The van der Waals surface area contributed by atoms with Crippen molar-refractivity contribution in [3.8, 4) is 0 Å². The summed E-state index contributed by atoms with van der Waals surface area (Å²) in [5.41, 5.74) is 0. The van der Waals surface area contributed by atoms with E-state index >= 15 is 0 Å². The van der Waals surface area contributed by atoms with Crippen LogP contribution in [-0.2, 0) is 0 Å². The van der Waals surface area contributed by atoms with Crippen molar-refractivity contribution in [3.63, 3.8) is 0 Å². The summed E-state index contributed by atoms with van der Waals surface area (Å²) < 4.78 is 0. The highest BCUT2D eigenvalue weighted by atomic mass is 79.9. The van der Waals surface area contributed by atoms with E-state index in [1.807, 2.05) is 0 Å². The molecule has 0 aliphatic heterocycles. The largest absolute Gasteiger partial charge is 0.395 e. The van der Waals surface area contributed by atoms with Gasteiger partial charge in [0.05, 0.1) is 6.61 Å². The standard InChI is InChI=1S/C3H6Br2O/c4-1-3(5)2-6/h3,6H,1-2H2/t3-/m0/s1. The van der Waals surface area contributed by atoms with Crippen LogP contribution in [0.1, 0.15) is 0 Å². The maximum absolute atomic E-state index is 8.26. The van der Waals surface area contributed by atoms with Crippen molar-refractivity contribution in [2.45, 2.75) is 4.83 Å². The maximum Gasteiger partial charge on any atom is 0.0564 e. The van der Waals surface area contributed by atoms with E-state index in [2.05, 4.69) is 31.9 Å². The van der Waals surface area contributed by atoms with E-state index in [1.165, 1.54) is 0 Å². The number of aliphatic hydroxyl groups excluding tert-OH is 1. The van der Waals surface area contributed by atoms with Crippen LogP contribution in [0.25, 0.3) is 0 Å². The van der Waals surface area contributed by atoms with Crippen LogP contribution in [0, 0.1) is 0 Å². The molecule has 0 heterocycles. The van der Waals surface area contributed by atoms with Gasteiger partial charge in [-0.2, -0.15) is 0 Å². The van der Waals surface area contributed by atoms with Crippen LogP contribution in [0.3, 0.4) is 0 Å². The summed E-state index contributed by atoms with van der Waals surface area (Å²) in [5, 5.41) is 9.07. The first-order valence-electron chi connectivity index (χ1n) is 1.62. The minimum atomic E-state index is 0.200. The van der Waals surface area contributed by atoms with Crippen LogP contribution in [0.5, 0.6) is 0 Å². The molecule has 0 amide bonds. The first kappa shape index (κ1) is 6.92. The first-order chi connectivity index (χ1) is 2.81. The van der Waals surface area contributed by atoms with Crippen molar-refractivity contribution < 1.29 is 5.11 Å². The molecule has 0 saturated carbocycles. The Bertz CT molecular complexity index is 28.0. The van der Waals surface area contributed by atoms with Gasteiger partial charge in [0.15, 0.2) is 0 Å². The van der Waals surface area contributed by atoms with Crippen molar-refractivity contribution in [2.24, 2.45) is 0 Å². The Balaban J connectivity index is 2.75. The van der Waals surface area contributed by atoms with E-state index in [0.717, 1.165) is 5.33 Å². The highest BCUT2D eigenvalue weighted by Crippen LogP contribution is 1.99. The molecule has 6 heavy (non-hydrogen) atoms. The molecule has 0 spiro atoms. The molecule has 0 unspecified atom stereocenters. The summed E-state index contributed by atoms with van der Waals surface area (Å²) in [6, 6.07) is 0. The fourth-order valence-corrected chi connectivity index (χ4v) is 0.254. The van der Waals surface area contributed by atoms with E-state index in [1.54, 1.807) is 0 Å². The van der Waals surface area contributed by atoms with Crippen molar-refractivity contribution >= 4 is 31.9 Å². The number of rotatable bonds is 2. The lowest BCUT2D eigenvalue weighted by molar-refractivity contribution is 0.303. The Kier molecular flexibility index (Phi) is 4.72. The number of halogens is 2. The van der Waals surface area contributed by atoms with Gasteiger partial charge in [-0.05, 0) is 0 Å². The van der Waals surface area contributed by atoms with E-state index in [-0.39, 0.29) is 11.4 Å². The van der Waals surface area contributed by atoms with Gasteiger partial charge in [0.25, 0.3) is 0 Å². The van der Waals surface area contributed by atoms with Gasteiger partial charge < -0.3 is 5.11 Å². The summed E-state index contributed by atoms with van der Waals surface area (Å²) in [6.07, 6.45) is 0. The third-order valence-corrected chi connectivity index (χ3v) is 2.63. The Morgan fingerprint density at radius 1 is 1.67 bits per heavy atom. The summed E-state index contributed by atoms with van der Waals surface area (Å²) in [7, 11) is 0. The predicted octanol–water partition coefficient (Wildman–Crippen LogP) is 1.14. The van der Waals surface area contributed by atoms with E-state index in [9.17, 15) is 0 Å². The lowest BCUT2D eigenvalue weighted by Gasteiger charge is -1.94. The SMILES string of the molecule is OC[C@@H](Br)CBr. The third kappa shape index (κ3) is 3.12. The van der Waals surface area contributed by atoms with Crippen molar-refractivity contribution in [2.75, 3.05) is 11.9 Å². The molecule has 0 aromatic heterocycles. The van der Waals surface area contributed by atoms with Crippen LogP contribution in [0.15, 0.2) is 0 Å². The zero-order valence-electron chi connectivity index (χ0n) is 3.19. The summed E-state index contributed by atoms with van der Waals surface area (Å²) in [5.74, 6) is 0. The van der Waals surface area contributed by atoms with Crippen LogP contribution < -0.4 is 0 Å². The smallest absolute Gasteiger partial charge is 0.0564 e. The molecule has 0 aromatic rings. The quantitative estimate of drug-likeness (QED) is 0.688. The van der Waals surface area contributed by atoms with Crippen LogP contribution in [-0.4, -0.2) is 21.9 Å². The van der Waals surface area contributed by atoms with Gasteiger partial charge in [-0.15, -0.1) is 0 Å². The monoisotopic (exact) mass is 216 g/mol. The van der Waals surface area contributed by atoms with Crippen LogP contribution in [0.4, 0.5) is 0 Å². The second kappa shape index (κ2) is 4.09. The molecular weight excluding hydrogens is 212 g/mol. The molecule has 1 N–H and O–H groups in total. The zero-order valence-corrected chi connectivity index (χ0v) is 6.37. The zero-order chi connectivity index (χ0) is 4.99. The molecule has 0 radical (unpaired) electrons. The van der Waals surface area contributed by atoms with Crippen molar-refractivity contribution in [1.29, 1.82) is 0 Å². The van der Waals surface area contributed by atoms with Crippen LogP contribution >= 0.6 is 31.9 Å². The highest BCUT2D eigenvalue weighted by molar-refractivity contribution is 9.12. The Morgan fingerprint density at radius 3 is 2.17 bits per heavy atom. The van der Waals surface area contributed by atoms with Gasteiger partial charge in [-0.1, -0.05) is 31.9 Å². The second-order valence-corrected chi connectivity index (χ2v) is 2.88. The second-order valence-electron chi connectivity index (χ2n) is 0.934. The van der Waals surface area contributed by atoms with Gasteiger partial charge in [0.1, 0.15) is 0 Å². The first-order valence-corrected chi connectivity index (χ1v) is 3.66. The molecule has 0 rings (SSSR count). The van der Waals surface area contributed by atoms with E-state index in [4.69, 9.17) is 5.11 Å². The topological polar surface area (TPSA) is 20.2 Å². The number of aliphatic hydroxyl groups is 1. The lowest BCUT2D eigenvalue weighted by Crippen LogP contribution is -2.03. The Hall–Kier alpha value is 0.920. The Labute approximate surface area is 54.0 Å². The number of hydrogen-bond donors (Lipinski definition) is 1. The molecule has 3 heteroatoms. The van der Waals surface area contributed by atoms with E-state index < -0.39 is 0 Å². The van der Waals surface area contributed by atoms with Crippen molar-refractivity contribution in [3.05, 3.63) is 0 Å². The average molecular weight is 218 g/mol. The maximum atomic E-state index is 8.26. The average Bonchev–Trinajstić information content (AvgIpc) is 1.65. The van der Waals surface area contributed by atoms with Gasteiger partial charge in [0.2, 0.25) is 0 Å². The molecule has 0 saturated heterocycles. The summed E-state index contributed by atoms with van der Waals surface area (Å²) >= 11 is 6.35. The van der Waals surface area contributed by atoms with E-state index in [0.29, 0.717) is 0 Å². The predicted molar refractivity (Wildman–Crippen MR) is 33.6 cm³/mol. The highest BCUT2D eigenvalue weighted by Gasteiger charge is 1.94. The fraction of sp³-hybridized carbons (Fsp3) is 1.00. The molecule has 0 aromatic carbocycles. The summed E-state index contributed by atoms with van der Waals surface area (Å²) in [6.45, 7) is 0.200. The van der Waals surface area contributed by atoms with Crippen molar-refractivity contribution in [1.82, 2.24) is 0 Å². The normalized spacial score (nSPS) is 14.5. The molecule has 1 nitrogen and oxygen atoms in total.